The van der Waals surface area contributed by atoms with Gasteiger partial charge in [0.15, 0.2) is 0 Å². The molecule has 0 saturated heterocycles. The molecule has 0 aliphatic carbocycles. The van der Waals surface area contributed by atoms with E-state index in [9.17, 15) is 4.79 Å². The molecule has 0 aromatic heterocycles. The number of hydrogen-bond donors (Lipinski definition) is 1. The Morgan fingerprint density at radius 2 is 2.13 bits per heavy atom. The highest BCUT2D eigenvalue weighted by atomic mass is 16.5. The van der Waals surface area contributed by atoms with Crippen LogP contribution < -0.4 is 4.74 Å². The van der Waals surface area contributed by atoms with Gasteiger partial charge in [0.05, 0.1) is 5.57 Å². The van der Waals surface area contributed by atoms with E-state index < -0.39 is 5.97 Å². The van der Waals surface area contributed by atoms with Crippen LogP contribution in [0.2, 0.25) is 0 Å². The zero-order valence-electron chi connectivity index (χ0n) is 8.70. The minimum Gasteiger partial charge on any atom is -0.489 e. The van der Waals surface area contributed by atoms with E-state index in [1.807, 2.05) is 19.9 Å². The number of ether oxygens (including phenoxy) is 1. The molecule has 3 heteroatoms. The average molecular weight is 204 g/mol. The molecule has 1 N–H and O–H groups in total. The number of aryl methyl sites for hydroxylation is 1. The number of rotatable bonds is 1. The lowest BCUT2D eigenvalue weighted by Gasteiger charge is -2.19. The van der Waals surface area contributed by atoms with Crippen molar-refractivity contribution >= 4 is 11.5 Å². The third kappa shape index (κ3) is 1.50. The number of fused-ring (bicyclic) bond motifs is 1. The van der Waals surface area contributed by atoms with Crippen molar-refractivity contribution in [1.29, 1.82) is 0 Å². The Hall–Kier alpha value is -1.77. The van der Waals surface area contributed by atoms with Crippen LogP contribution in [0.4, 0.5) is 0 Å². The van der Waals surface area contributed by atoms with Crippen molar-refractivity contribution in [2.45, 2.75) is 13.8 Å². The Balaban J connectivity index is 2.63. The summed E-state index contributed by atoms with van der Waals surface area (Å²) in [5.74, 6) is -0.197. The van der Waals surface area contributed by atoms with E-state index in [-0.39, 0.29) is 0 Å². The smallest absolute Gasteiger partial charge is 0.336 e. The zero-order chi connectivity index (χ0) is 11.0. The number of benzene rings is 1. The minimum atomic E-state index is -0.900. The first-order chi connectivity index (χ1) is 7.11. The van der Waals surface area contributed by atoms with Crippen LogP contribution in [0.1, 0.15) is 16.7 Å². The fourth-order valence-corrected chi connectivity index (χ4v) is 1.71. The SMILES string of the molecule is Cc1ccc2c(c1C)OCC=C2C(=O)O. The molecule has 1 aliphatic heterocycles. The predicted molar refractivity (Wildman–Crippen MR) is 57.0 cm³/mol. The molecule has 0 atom stereocenters. The van der Waals surface area contributed by atoms with E-state index in [2.05, 4.69) is 0 Å². The lowest BCUT2D eigenvalue weighted by atomic mass is 9.97. The lowest BCUT2D eigenvalue weighted by molar-refractivity contribution is -0.130. The number of carboxylic acid groups (broad SMARTS) is 1. The molecule has 0 bridgehead atoms. The number of aliphatic carboxylic acids is 1. The van der Waals surface area contributed by atoms with Gasteiger partial charge in [-0.2, -0.15) is 0 Å². The first-order valence-corrected chi connectivity index (χ1v) is 4.78. The van der Waals surface area contributed by atoms with Gasteiger partial charge in [-0.05, 0) is 31.1 Å². The highest BCUT2D eigenvalue weighted by Gasteiger charge is 2.21. The summed E-state index contributed by atoms with van der Waals surface area (Å²) >= 11 is 0. The minimum absolute atomic E-state index is 0.332. The summed E-state index contributed by atoms with van der Waals surface area (Å²) < 4.78 is 5.48. The summed E-state index contributed by atoms with van der Waals surface area (Å²) in [5, 5.41) is 9.02. The van der Waals surface area contributed by atoms with Gasteiger partial charge in [-0.25, -0.2) is 4.79 Å². The van der Waals surface area contributed by atoms with Crippen LogP contribution in [0.15, 0.2) is 18.2 Å². The Morgan fingerprint density at radius 3 is 2.80 bits per heavy atom. The standard InChI is InChI=1S/C12H12O3/c1-7-3-4-9-10(12(13)14)5-6-15-11(9)8(7)2/h3-5H,6H2,1-2H3,(H,13,14). The molecule has 0 radical (unpaired) electrons. The van der Waals surface area contributed by atoms with Crippen LogP contribution >= 0.6 is 0 Å². The van der Waals surface area contributed by atoms with Crippen LogP contribution in [0.3, 0.4) is 0 Å². The summed E-state index contributed by atoms with van der Waals surface area (Å²) in [6, 6.07) is 3.72. The van der Waals surface area contributed by atoms with Gasteiger partial charge in [0.2, 0.25) is 0 Å². The van der Waals surface area contributed by atoms with Crippen molar-refractivity contribution < 1.29 is 14.6 Å². The van der Waals surface area contributed by atoms with Crippen molar-refractivity contribution in [3.05, 3.63) is 34.9 Å². The quantitative estimate of drug-likeness (QED) is 0.762. The van der Waals surface area contributed by atoms with Crippen molar-refractivity contribution in [1.82, 2.24) is 0 Å². The maximum absolute atomic E-state index is 11.0. The largest absolute Gasteiger partial charge is 0.489 e. The van der Waals surface area contributed by atoms with E-state index in [4.69, 9.17) is 9.84 Å². The van der Waals surface area contributed by atoms with Crippen molar-refractivity contribution in [2.24, 2.45) is 0 Å². The topological polar surface area (TPSA) is 46.5 Å². The first-order valence-electron chi connectivity index (χ1n) is 4.78. The second-order valence-electron chi connectivity index (χ2n) is 3.62. The molecule has 1 aromatic carbocycles. The summed E-state index contributed by atoms with van der Waals surface area (Å²) in [6.07, 6.45) is 1.60. The van der Waals surface area contributed by atoms with E-state index >= 15 is 0 Å². The summed E-state index contributed by atoms with van der Waals surface area (Å²) in [6.45, 7) is 4.26. The van der Waals surface area contributed by atoms with E-state index in [0.717, 1.165) is 11.1 Å². The third-order valence-electron chi connectivity index (χ3n) is 2.71. The van der Waals surface area contributed by atoms with Gasteiger partial charge in [-0.1, -0.05) is 12.1 Å². The number of hydrogen-bond acceptors (Lipinski definition) is 2. The number of carbonyl (C=O) groups is 1. The monoisotopic (exact) mass is 204 g/mol. The molecule has 0 unspecified atom stereocenters. The molecule has 1 aromatic rings. The fourth-order valence-electron chi connectivity index (χ4n) is 1.71. The fraction of sp³-hybridized carbons (Fsp3) is 0.250. The molecule has 0 fully saturated rings. The Bertz CT molecular complexity index is 458. The molecular formula is C12H12O3. The predicted octanol–water partition coefficient (Wildman–Crippen LogP) is 2.16. The van der Waals surface area contributed by atoms with Crippen molar-refractivity contribution in [2.75, 3.05) is 6.61 Å². The Kier molecular flexibility index (Phi) is 2.23. The molecule has 3 nitrogen and oxygen atoms in total. The van der Waals surface area contributed by atoms with Gasteiger partial charge >= 0.3 is 5.97 Å². The van der Waals surface area contributed by atoms with E-state index in [0.29, 0.717) is 23.5 Å². The van der Waals surface area contributed by atoms with Gasteiger partial charge < -0.3 is 9.84 Å². The first kappa shape index (κ1) is 9.77. The number of carboxylic acids is 1. The average Bonchev–Trinajstić information content (AvgIpc) is 2.23. The maximum atomic E-state index is 11.0. The van der Waals surface area contributed by atoms with Gasteiger partial charge in [0.1, 0.15) is 12.4 Å². The van der Waals surface area contributed by atoms with Crippen LogP contribution in [0.5, 0.6) is 5.75 Å². The second-order valence-corrected chi connectivity index (χ2v) is 3.62. The van der Waals surface area contributed by atoms with Crippen molar-refractivity contribution in [3.63, 3.8) is 0 Å². The molecule has 0 spiro atoms. The van der Waals surface area contributed by atoms with Crippen LogP contribution in [0.25, 0.3) is 5.57 Å². The highest BCUT2D eigenvalue weighted by Crippen LogP contribution is 2.34. The Morgan fingerprint density at radius 1 is 1.40 bits per heavy atom. The highest BCUT2D eigenvalue weighted by molar-refractivity contribution is 6.16. The van der Waals surface area contributed by atoms with Crippen LogP contribution in [-0.2, 0) is 4.79 Å². The van der Waals surface area contributed by atoms with Crippen LogP contribution in [0, 0.1) is 13.8 Å². The van der Waals surface area contributed by atoms with Gasteiger partial charge in [0, 0.05) is 5.56 Å². The molecule has 2 rings (SSSR count). The third-order valence-corrected chi connectivity index (χ3v) is 2.71. The molecule has 1 heterocycles. The van der Waals surface area contributed by atoms with E-state index in [1.165, 1.54) is 0 Å². The van der Waals surface area contributed by atoms with Gasteiger partial charge in [-0.3, -0.25) is 0 Å². The van der Waals surface area contributed by atoms with Crippen molar-refractivity contribution in [3.8, 4) is 5.75 Å². The maximum Gasteiger partial charge on any atom is 0.336 e. The normalized spacial score (nSPS) is 13.9. The molecular weight excluding hydrogens is 192 g/mol. The molecule has 15 heavy (non-hydrogen) atoms. The lowest BCUT2D eigenvalue weighted by Crippen LogP contribution is -2.11. The van der Waals surface area contributed by atoms with Crippen LogP contribution in [-0.4, -0.2) is 17.7 Å². The summed E-state index contributed by atoms with van der Waals surface area (Å²) in [5.41, 5.74) is 3.14. The summed E-state index contributed by atoms with van der Waals surface area (Å²) in [7, 11) is 0. The molecule has 78 valence electrons. The molecule has 0 amide bonds. The second kappa shape index (κ2) is 3.42. The van der Waals surface area contributed by atoms with Gasteiger partial charge in [0.25, 0.3) is 0 Å². The molecule has 0 saturated carbocycles. The summed E-state index contributed by atoms with van der Waals surface area (Å²) in [4.78, 5) is 11.0. The van der Waals surface area contributed by atoms with Gasteiger partial charge in [-0.15, -0.1) is 0 Å². The zero-order valence-corrected chi connectivity index (χ0v) is 8.70. The Labute approximate surface area is 88.0 Å². The van der Waals surface area contributed by atoms with E-state index in [1.54, 1.807) is 12.1 Å². The molecule has 1 aliphatic rings.